The van der Waals surface area contributed by atoms with E-state index in [1.165, 1.54) is 24.5 Å². The SMILES string of the molecule is Cc1cccc(S(=O)(=O)NCC(=O)N2CCC(=C3CC3)CC2)c1. The number of likely N-dealkylation sites (tertiary alicyclic amines) is 1. The summed E-state index contributed by atoms with van der Waals surface area (Å²) in [5, 5.41) is 0. The maximum Gasteiger partial charge on any atom is 0.241 e. The molecule has 1 amide bonds. The first kappa shape index (κ1) is 16.2. The zero-order valence-electron chi connectivity index (χ0n) is 13.3. The Labute approximate surface area is 137 Å². The van der Waals surface area contributed by atoms with Crippen LogP contribution in [0.5, 0.6) is 0 Å². The lowest BCUT2D eigenvalue weighted by Gasteiger charge is -2.28. The molecular weight excluding hydrogens is 312 g/mol. The quantitative estimate of drug-likeness (QED) is 0.856. The molecule has 0 atom stereocenters. The molecule has 1 heterocycles. The van der Waals surface area contributed by atoms with E-state index in [9.17, 15) is 13.2 Å². The molecule has 1 saturated carbocycles. The van der Waals surface area contributed by atoms with Crippen molar-refractivity contribution in [2.45, 2.75) is 37.5 Å². The number of carbonyl (C=O) groups excluding carboxylic acids is 1. The third-order valence-corrected chi connectivity index (χ3v) is 5.83. The molecule has 1 aromatic carbocycles. The lowest BCUT2D eigenvalue weighted by atomic mass is 10.0. The zero-order chi connectivity index (χ0) is 16.4. The molecule has 1 N–H and O–H groups in total. The fourth-order valence-electron chi connectivity index (χ4n) is 2.93. The number of nitrogens with one attached hydrogen (secondary N) is 1. The number of piperidine rings is 1. The number of nitrogens with zero attached hydrogens (tertiary/aromatic N) is 1. The van der Waals surface area contributed by atoms with Crippen LogP contribution >= 0.6 is 0 Å². The Morgan fingerprint density at radius 3 is 2.39 bits per heavy atom. The molecule has 1 saturated heterocycles. The van der Waals surface area contributed by atoms with Crippen molar-refractivity contribution in [2.75, 3.05) is 19.6 Å². The van der Waals surface area contributed by atoms with Crippen LogP contribution in [0.25, 0.3) is 0 Å². The maximum absolute atomic E-state index is 12.2. The molecule has 0 bridgehead atoms. The third-order valence-electron chi connectivity index (χ3n) is 4.43. The van der Waals surface area contributed by atoms with Gasteiger partial charge in [-0.15, -0.1) is 0 Å². The summed E-state index contributed by atoms with van der Waals surface area (Å²) in [6.07, 6.45) is 4.32. The zero-order valence-corrected chi connectivity index (χ0v) is 14.2. The number of carbonyl (C=O) groups is 1. The molecule has 2 fully saturated rings. The highest BCUT2D eigenvalue weighted by Gasteiger charge is 2.25. The number of rotatable bonds is 4. The first-order valence-electron chi connectivity index (χ1n) is 7.99. The van der Waals surface area contributed by atoms with Crippen LogP contribution in [-0.4, -0.2) is 38.9 Å². The van der Waals surface area contributed by atoms with Crippen LogP contribution in [0.2, 0.25) is 0 Å². The van der Waals surface area contributed by atoms with Crippen LogP contribution in [0.3, 0.4) is 0 Å². The summed E-state index contributed by atoms with van der Waals surface area (Å²) < 4.78 is 26.9. The minimum Gasteiger partial charge on any atom is -0.341 e. The molecule has 0 radical (unpaired) electrons. The number of hydrogen-bond donors (Lipinski definition) is 1. The molecule has 23 heavy (non-hydrogen) atoms. The van der Waals surface area contributed by atoms with E-state index in [2.05, 4.69) is 4.72 Å². The first-order valence-corrected chi connectivity index (χ1v) is 9.48. The fraction of sp³-hybridized carbons (Fsp3) is 0.471. The lowest BCUT2D eigenvalue weighted by molar-refractivity contribution is -0.130. The summed E-state index contributed by atoms with van der Waals surface area (Å²) in [6, 6.07) is 6.67. The number of hydrogen-bond acceptors (Lipinski definition) is 3. The first-order chi connectivity index (χ1) is 11.0. The van der Waals surface area contributed by atoms with Crippen molar-refractivity contribution in [3.05, 3.63) is 41.0 Å². The Bertz CT molecular complexity index is 737. The normalized spacial score (nSPS) is 18.2. The number of aryl methyl sites for hydroxylation is 1. The van der Waals surface area contributed by atoms with Gasteiger partial charge in [0.1, 0.15) is 0 Å². The predicted molar refractivity (Wildman–Crippen MR) is 88.4 cm³/mol. The minimum atomic E-state index is -3.64. The van der Waals surface area contributed by atoms with E-state index in [1.54, 1.807) is 22.6 Å². The van der Waals surface area contributed by atoms with Crippen molar-refractivity contribution < 1.29 is 13.2 Å². The molecule has 1 aliphatic carbocycles. The summed E-state index contributed by atoms with van der Waals surface area (Å²) in [6.45, 7) is 3.06. The molecule has 2 aliphatic rings. The smallest absolute Gasteiger partial charge is 0.241 e. The van der Waals surface area contributed by atoms with Crippen LogP contribution < -0.4 is 4.72 Å². The molecule has 6 heteroatoms. The number of amides is 1. The number of allylic oxidation sites excluding steroid dienone is 1. The van der Waals surface area contributed by atoms with Crippen LogP contribution in [0.15, 0.2) is 40.3 Å². The Morgan fingerprint density at radius 1 is 1.13 bits per heavy atom. The fourth-order valence-corrected chi connectivity index (χ4v) is 4.01. The van der Waals surface area contributed by atoms with Crippen molar-refractivity contribution in [3.63, 3.8) is 0 Å². The van der Waals surface area contributed by atoms with E-state index in [-0.39, 0.29) is 17.3 Å². The Balaban J connectivity index is 1.55. The Morgan fingerprint density at radius 2 is 1.78 bits per heavy atom. The summed E-state index contributed by atoms with van der Waals surface area (Å²) in [5.41, 5.74) is 3.95. The van der Waals surface area contributed by atoms with E-state index in [4.69, 9.17) is 0 Å². The van der Waals surface area contributed by atoms with Gasteiger partial charge in [0.15, 0.2) is 0 Å². The average Bonchev–Trinajstić information content (AvgIpc) is 3.38. The topological polar surface area (TPSA) is 66.5 Å². The molecule has 0 spiro atoms. The van der Waals surface area contributed by atoms with Gasteiger partial charge in [-0.2, -0.15) is 0 Å². The van der Waals surface area contributed by atoms with Gasteiger partial charge in [-0.25, -0.2) is 13.1 Å². The Kier molecular flexibility index (Phi) is 4.55. The second-order valence-corrected chi connectivity index (χ2v) is 8.00. The van der Waals surface area contributed by atoms with Gasteiger partial charge in [-0.3, -0.25) is 4.79 Å². The molecule has 1 aliphatic heterocycles. The summed E-state index contributed by atoms with van der Waals surface area (Å²) in [5.74, 6) is -0.152. The summed E-state index contributed by atoms with van der Waals surface area (Å²) in [7, 11) is -3.64. The molecule has 0 aromatic heterocycles. The van der Waals surface area contributed by atoms with Gasteiger partial charge in [0, 0.05) is 13.1 Å². The van der Waals surface area contributed by atoms with Gasteiger partial charge >= 0.3 is 0 Å². The largest absolute Gasteiger partial charge is 0.341 e. The molecular formula is C17H22N2O3S. The van der Waals surface area contributed by atoms with E-state index in [0.717, 1.165) is 18.4 Å². The van der Waals surface area contributed by atoms with Crippen molar-refractivity contribution in [2.24, 2.45) is 0 Å². The van der Waals surface area contributed by atoms with E-state index >= 15 is 0 Å². The van der Waals surface area contributed by atoms with Crippen molar-refractivity contribution in [1.82, 2.24) is 9.62 Å². The standard InChI is InChI=1S/C17H22N2O3S/c1-13-3-2-4-16(11-13)23(21,22)18-12-17(20)19-9-7-15(8-10-19)14-5-6-14/h2-4,11,18H,5-10,12H2,1H3. The average molecular weight is 334 g/mol. The Hall–Kier alpha value is -1.66. The summed E-state index contributed by atoms with van der Waals surface area (Å²) in [4.78, 5) is 14.2. The predicted octanol–water partition coefficient (Wildman–Crippen LogP) is 1.99. The lowest BCUT2D eigenvalue weighted by Crippen LogP contribution is -2.42. The molecule has 5 nitrogen and oxygen atoms in total. The number of sulfonamides is 1. The van der Waals surface area contributed by atoms with E-state index < -0.39 is 10.0 Å². The van der Waals surface area contributed by atoms with Gasteiger partial charge in [0.05, 0.1) is 11.4 Å². The highest BCUT2D eigenvalue weighted by molar-refractivity contribution is 7.89. The summed E-state index contributed by atoms with van der Waals surface area (Å²) >= 11 is 0. The second kappa shape index (κ2) is 6.45. The van der Waals surface area contributed by atoms with Gasteiger partial charge in [0.25, 0.3) is 0 Å². The number of benzene rings is 1. The second-order valence-electron chi connectivity index (χ2n) is 6.23. The van der Waals surface area contributed by atoms with Crippen molar-refractivity contribution in [3.8, 4) is 0 Å². The van der Waals surface area contributed by atoms with E-state index in [0.29, 0.717) is 13.1 Å². The van der Waals surface area contributed by atoms with Crippen LogP contribution in [0.1, 0.15) is 31.2 Å². The molecule has 3 rings (SSSR count). The van der Waals surface area contributed by atoms with Gasteiger partial charge < -0.3 is 4.90 Å². The highest BCUT2D eigenvalue weighted by Crippen LogP contribution is 2.35. The van der Waals surface area contributed by atoms with Crippen LogP contribution in [0.4, 0.5) is 0 Å². The van der Waals surface area contributed by atoms with Crippen molar-refractivity contribution >= 4 is 15.9 Å². The molecule has 1 aromatic rings. The van der Waals surface area contributed by atoms with Gasteiger partial charge in [-0.1, -0.05) is 23.3 Å². The molecule has 124 valence electrons. The van der Waals surface area contributed by atoms with Gasteiger partial charge in [0.2, 0.25) is 15.9 Å². The van der Waals surface area contributed by atoms with Crippen LogP contribution in [-0.2, 0) is 14.8 Å². The van der Waals surface area contributed by atoms with Gasteiger partial charge in [-0.05, 0) is 50.3 Å². The van der Waals surface area contributed by atoms with E-state index in [1.807, 2.05) is 13.0 Å². The molecule has 0 unspecified atom stereocenters. The van der Waals surface area contributed by atoms with Crippen LogP contribution in [0, 0.1) is 6.92 Å². The highest BCUT2D eigenvalue weighted by atomic mass is 32.2. The third kappa shape index (κ3) is 4.00. The van der Waals surface area contributed by atoms with Crippen molar-refractivity contribution in [1.29, 1.82) is 0 Å². The minimum absolute atomic E-state index is 0.152. The monoisotopic (exact) mass is 334 g/mol. The maximum atomic E-state index is 12.2.